The highest BCUT2D eigenvalue weighted by Crippen LogP contribution is 2.67. The molecule has 6 N–H and O–H groups in total. The van der Waals surface area contributed by atoms with Gasteiger partial charge in [-0.1, -0.05) is 46.3 Å². The molecule has 5 rings (SSSR count). The van der Waals surface area contributed by atoms with Crippen LogP contribution in [0.5, 0.6) is 0 Å². The lowest BCUT2D eigenvalue weighted by atomic mass is 9.47. The minimum atomic E-state index is -4.85. The summed E-state index contributed by atoms with van der Waals surface area (Å²) in [5.41, 5.74) is -0.933. The fourth-order valence-corrected chi connectivity index (χ4v) is 10.8. The summed E-state index contributed by atoms with van der Waals surface area (Å²) < 4.78 is 51.0. The summed E-state index contributed by atoms with van der Waals surface area (Å²) in [6.45, 7) is 11.9. The molecule has 0 bridgehead atoms. The van der Waals surface area contributed by atoms with Crippen LogP contribution in [0.2, 0.25) is 0 Å². The Kier molecular flexibility index (Phi) is 10.4. The van der Waals surface area contributed by atoms with Crippen LogP contribution >= 0.6 is 0 Å². The van der Waals surface area contributed by atoms with Crippen molar-refractivity contribution in [3.63, 3.8) is 0 Å². The number of aliphatic hydroxyl groups excluding tert-OH is 3. The molecule has 0 aromatic rings. The first-order chi connectivity index (χ1) is 22.1. The summed E-state index contributed by atoms with van der Waals surface area (Å²) in [6.07, 6.45) is -4.35. The molecule has 1 saturated heterocycles. The van der Waals surface area contributed by atoms with E-state index in [0.29, 0.717) is 25.7 Å². The number of Topliss-reactive ketones (excluding diaryl/α,β-unsaturated/α-hetero) is 1. The topological polar surface area (TPSA) is 217 Å². The summed E-state index contributed by atoms with van der Waals surface area (Å²) in [5, 5.41) is 52.1. The summed E-state index contributed by atoms with van der Waals surface area (Å²) in [6, 6.07) is 0. The van der Waals surface area contributed by atoms with E-state index in [1.807, 2.05) is 20.8 Å². The number of aliphatic hydroxyl groups is 4. The lowest BCUT2D eigenvalue weighted by molar-refractivity contribution is -0.309. The van der Waals surface area contributed by atoms with E-state index < -0.39 is 76.2 Å². The lowest BCUT2D eigenvalue weighted by Crippen LogP contribution is -2.61. The van der Waals surface area contributed by atoms with Gasteiger partial charge in [-0.3, -0.25) is 9.35 Å². The Balaban J connectivity index is 1.40. The zero-order valence-corrected chi connectivity index (χ0v) is 29.5. The molecule has 2 unspecified atom stereocenters. The van der Waals surface area contributed by atoms with Crippen molar-refractivity contribution in [2.45, 2.75) is 141 Å². The average Bonchev–Trinajstić information content (AvgIpc) is 3.34. The third-order valence-corrected chi connectivity index (χ3v) is 13.6. The Morgan fingerprint density at radius 2 is 1.71 bits per heavy atom. The Morgan fingerprint density at radius 3 is 2.31 bits per heavy atom. The Hall–Kier alpha value is -1.49. The minimum Gasteiger partial charge on any atom is -0.479 e. The average molecular weight is 703 g/mol. The molecule has 274 valence electrons. The number of hydrogen-bond donors (Lipinski definition) is 6. The number of carboxylic acid groups (broad SMARTS) is 1. The van der Waals surface area contributed by atoms with Gasteiger partial charge in [-0.25, -0.2) is 8.98 Å². The SMILES string of the molecule is CC(C)[C@@H](C)C(=O)C[C@](C)(O)[C@H]1CC[C@H]2[C@@H]3CC(OS(=O)(=O)O)C4C[C@@H](O[C@@H]5O[C@H](C(=O)O)[C@@H](O)[C@H](O)[C@H]5O)CC[C@]4(C)C3=CC[C@@]21C. The van der Waals surface area contributed by atoms with E-state index in [1.54, 1.807) is 6.92 Å². The highest BCUT2D eigenvalue weighted by molar-refractivity contribution is 7.80. The maximum absolute atomic E-state index is 13.1. The monoisotopic (exact) mass is 702 g/mol. The molecule has 0 spiro atoms. The van der Waals surface area contributed by atoms with Gasteiger partial charge in [0.1, 0.15) is 24.1 Å². The molecule has 0 amide bonds. The van der Waals surface area contributed by atoms with Gasteiger partial charge in [-0.15, -0.1) is 0 Å². The van der Waals surface area contributed by atoms with Gasteiger partial charge in [0, 0.05) is 12.3 Å². The van der Waals surface area contributed by atoms with Crippen LogP contribution in [0.1, 0.15) is 92.9 Å². The van der Waals surface area contributed by atoms with Gasteiger partial charge in [0.2, 0.25) is 0 Å². The maximum Gasteiger partial charge on any atom is 0.397 e. The van der Waals surface area contributed by atoms with Gasteiger partial charge in [-0.2, -0.15) is 8.42 Å². The standard InChI is InChI=1S/C34H54O13S/c1-16(2)17(3)23(35)15-34(6,41)25-8-7-20-19-14-24(47-48(42,43)44)22-13-18(9-11-32(22,4)21(19)10-12-33(20,25)5)45-31-28(38)26(36)27(37)29(46-31)30(39)40/h10,16-20,22,24-29,31,36-38,41H,7-9,11-15H2,1-6H3,(H,39,40)(H,42,43,44)/t17-,18+,19+,20+,22?,24?,25+,26+,27+,28-,29+,31-,32-,33+,34+/m1/s1. The summed E-state index contributed by atoms with van der Waals surface area (Å²) in [5.74, 6) is -2.11. The summed E-state index contributed by atoms with van der Waals surface area (Å²) in [7, 11) is -4.85. The third kappa shape index (κ3) is 6.78. The van der Waals surface area contributed by atoms with Crippen LogP contribution in [0.15, 0.2) is 11.6 Å². The molecule has 15 atom stereocenters. The number of aliphatic carboxylic acids is 1. The third-order valence-electron chi connectivity index (χ3n) is 13.1. The fourth-order valence-electron chi connectivity index (χ4n) is 10.3. The molecule has 13 nitrogen and oxygen atoms in total. The van der Waals surface area contributed by atoms with Crippen molar-refractivity contribution in [2.75, 3.05) is 0 Å². The maximum atomic E-state index is 13.1. The van der Waals surface area contributed by atoms with E-state index in [9.17, 15) is 48.1 Å². The largest absolute Gasteiger partial charge is 0.479 e. The van der Waals surface area contributed by atoms with Crippen LogP contribution in [-0.4, -0.2) is 98.8 Å². The minimum absolute atomic E-state index is 0.0398. The second-order valence-corrected chi connectivity index (χ2v) is 17.4. The van der Waals surface area contributed by atoms with E-state index in [4.69, 9.17) is 13.7 Å². The first kappa shape index (κ1) is 37.8. The van der Waals surface area contributed by atoms with Gasteiger partial charge >= 0.3 is 16.4 Å². The van der Waals surface area contributed by atoms with Crippen molar-refractivity contribution in [3.05, 3.63) is 11.6 Å². The number of allylic oxidation sites excluding steroid dienone is 2. The molecule has 4 fully saturated rings. The number of hydrogen-bond acceptors (Lipinski definition) is 11. The van der Waals surface area contributed by atoms with E-state index >= 15 is 0 Å². The molecule has 0 aromatic carbocycles. The van der Waals surface area contributed by atoms with Crippen LogP contribution < -0.4 is 0 Å². The fraction of sp³-hybridized carbons (Fsp3) is 0.882. The Morgan fingerprint density at radius 1 is 1.04 bits per heavy atom. The molecular weight excluding hydrogens is 648 g/mol. The number of ether oxygens (including phenoxy) is 2. The van der Waals surface area contributed by atoms with Gasteiger partial charge in [0.25, 0.3) is 0 Å². The molecule has 3 saturated carbocycles. The smallest absolute Gasteiger partial charge is 0.397 e. The van der Waals surface area contributed by atoms with Crippen LogP contribution in [0.3, 0.4) is 0 Å². The van der Waals surface area contributed by atoms with Crippen molar-refractivity contribution in [2.24, 2.45) is 46.3 Å². The molecule has 48 heavy (non-hydrogen) atoms. The predicted octanol–water partition coefficient (Wildman–Crippen LogP) is 2.64. The number of rotatable bonds is 10. The molecule has 4 aliphatic carbocycles. The van der Waals surface area contributed by atoms with Crippen molar-refractivity contribution in [3.8, 4) is 0 Å². The van der Waals surface area contributed by atoms with Crippen molar-refractivity contribution >= 4 is 22.2 Å². The number of carboxylic acids is 1. The number of fused-ring (bicyclic) bond motifs is 5. The normalized spacial score (nSPS) is 44.9. The van der Waals surface area contributed by atoms with Crippen LogP contribution in [-0.2, 0) is 33.6 Å². The predicted molar refractivity (Wildman–Crippen MR) is 170 cm³/mol. The molecule has 1 aliphatic heterocycles. The lowest BCUT2D eigenvalue weighted by Gasteiger charge is -2.59. The first-order valence-corrected chi connectivity index (χ1v) is 18.7. The highest BCUT2D eigenvalue weighted by Gasteiger charge is 2.63. The molecule has 1 heterocycles. The Labute approximate surface area is 283 Å². The zero-order chi connectivity index (χ0) is 35.7. The van der Waals surface area contributed by atoms with E-state index in [-0.39, 0.29) is 53.6 Å². The summed E-state index contributed by atoms with van der Waals surface area (Å²) in [4.78, 5) is 24.7. The zero-order valence-electron chi connectivity index (χ0n) is 28.7. The molecule has 14 heteroatoms. The summed E-state index contributed by atoms with van der Waals surface area (Å²) >= 11 is 0. The van der Waals surface area contributed by atoms with Crippen LogP contribution in [0.4, 0.5) is 0 Å². The number of carbonyl (C=O) groups excluding carboxylic acids is 1. The van der Waals surface area contributed by atoms with Gasteiger partial charge < -0.3 is 35.0 Å². The van der Waals surface area contributed by atoms with Gasteiger partial charge in [-0.05, 0) is 92.3 Å². The Bertz CT molecular complexity index is 1380. The molecule has 0 aromatic heterocycles. The van der Waals surface area contributed by atoms with E-state index in [2.05, 4.69) is 19.9 Å². The number of ketones is 1. The first-order valence-electron chi connectivity index (χ1n) is 17.3. The van der Waals surface area contributed by atoms with Crippen molar-refractivity contribution in [1.29, 1.82) is 0 Å². The second-order valence-electron chi connectivity index (χ2n) is 16.3. The molecular formula is C34H54O13S. The van der Waals surface area contributed by atoms with Crippen molar-refractivity contribution in [1.82, 2.24) is 0 Å². The second kappa shape index (κ2) is 13.2. The van der Waals surface area contributed by atoms with Crippen LogP contribution in [0.25, 0.3) is 0 Å². The van der Waals surface area contributed by atoms with Gasteiger partial charge in [0.05, 0.1) is 17.8 Å². The van der Waals surface area contributed by atoms with Gasteiger partial charge in [0.15, 0.2) is 12.4 Å². The van der Waals surface area contributed by atoms with Crippen molar-refractivity contribution < 1.29 is 61.7 Å². The molecule has 0 radical (unpaired) electrons. The number of carbonyl (C=O) groups is 2. The van der Waals surface area contributed by atoms with E-state index in [0.717, 1.165) is 12.8 Å². The molecule has 5 aliphatic rings. The van der Waals surface area contributed by atoms with E-state index in [1.165, 1.54) is 5.57 Å². The highest BCUT2D eigenvalue weighted by atomic mass is 32.3. The van der Waals surface area contributed by atoms with Crippen LogP contribution in [0, 0.1) is 46.3 Å². The quantitative estimate of drug-likeness (QED) is 0.110.